The number of aryl methyl sites for hydroxylation is 3. The summed E-state index contributed by atoms with van der Waals surface area (Å²) in [5, 5.41) is 2.95. The molecule has 40 heavy (non-hydrogen) atoms. The molecule has 3 aromatic carbocycles. The molecule has 0 aliphatic carbocycles. The second kappa shape index (κ2) is 13.5. The number of carbonyl (C=O) groups is 2. The molecule has 0 aliphatic heterocycles. The topological polar surface area (TPSA) is 86.8 Å². The molecular formula is C31H38BrN3O4S. The fraction of sp³-hybridized carbons (Fsp3) is 0.355. The predicted octanol–water partition coefficient (Wildman–Crippen LogP) is 5.90. The summed E-state index contributed by atoms with van der Waals surface area (Å²) in [6, 6.07) is 18.6. The van der Waals surface area contributed by atoms with Crippen LogP contribution in [0.2, 0.25) is 0 Å². The molecule has 0 spiro atoms. The second-order valence-corrected chi connectivity index (χ2v) is 13.1. The third-order valence-corrected chi connectivity index (χ3v) is 9.07. The molecule has 0 saturated heterocycles. The van der Waals surface area contributed by atoms with Gasteiger partial charge < -0.3 is 10.2 Å². The van der Waals surface area contributed by atoms with Gasteiger partial charge in [-0.3, -0.25) is 13.9 Å². The van der Waals surface area contributed by atoms with Gasteiger partial charge in [0.05, 0.1) is 10.6 Å². The number of hydrogen-bond donors (Lipinski definition) is 1. The van der Waals surface area contributed by atoms with Crippen molar-refractivity contribution in [3.8, 4) is 0 Å². The number of sulfonamides is 1. The molecule has 3 aromatic rings. The van der Waals surface area contributed by atoms with Gasteiger partial charge in [-0.15, -0.1) is 0 Å². The van der Waals surface area contributed by atoms with Gasteiger partial charge in [-0.05, 0) is 94.1 Å². The van der Waals surface area contributed by atoms with Crippen LogP contribution in [0.4, 0.5) is 5.69 Å². The average molecular weight is 629 g/mol. The smallest absolute Gasteiger partial charge is 0.264 e. The van der Waals surface area contributed by atoms with Crippen molar-refractivity contribution in [2.45, 2.75) is 71.5 Å². The summed E-state index contributed by atoms with van der Waals surface area (Å²) in [5.74, 6) is -0.779. The van der Waals surface area contributed by atoms with Crippen LogP contribution >= 0.6 is 15.9 Å². The highest BCUT2D eigenvalue weighted by Gasteiger charge is 2.33. The molecule has 3 rings (SSSR count). The van der Waals surface area contributed by atoms with Crippen LogP contribution in [0.25, 0.3) is 0 Å². The van der Waals surface area contributed by atoms with Gasteiger partial charge in [0.15, 0.2) is 0 Å². The molecule has 0 fully saturated rings. The van der Waals surface area contributed by atoms with E-state index < -0.39 is 28.5 Å². The normalized spacial score (nSPS) is 12.9. The largest absolute Gasteiger partial charge is 0.352 e. The number of benzene rings is 3. The highest BCUT2D eigenvalue weighted by atomic mass is 79.9. The van der Waals surface area contributed by atoms with E-state index in [4.69, 9.17) is 0 Å². The predicted molar refractivity (Wildman–Crippen MR) is 164 cm³/mol. The molecule has 0 unspecified atom stereocenters. The monoisotopic (exact) mass is 627 g/mol. The van der Waals surface area contributed by atoms with Crippen LogP contribution < -0.4 is 9.62 Å². The third kappa shape index (κ3) is 7.95. The van der Waals surface area contributed by atoms with Crippen molar-refractivity contribution in [3.05, 3.63) is 93.5 Å². The van der Waals surface area contributed by atoms with E-state index >= 15 is 0 Å². The molecule has 2 atom stereocenters. The second-order valence-electron chi connectivity index (χ2n) is 10.3. The van der Waals surface area contributed by atoms with Crippen LogP contribution in [-0.4, -0.2) is 43.8 Å². The zero-order chi connectivity index (χ0) is 29.6. The molecule has 0 bridgehead atoms. The summed E-state index contributed by atoms with van der Waals surface area (Å²) >= 11 is 3.47. The summed E-state index contributed by atoms with van der Waals surface area (Å²) in [7, 11) is -4.10. The van der Waals surface area contributed by atoms with Crippen molar-refractivity contribution in [3.63, 3.8) is 0 Å². The van der Waals surface area contributed by atoms with Gasteiger partial charge in [0, 0.05) is 17.1 Å². The lowest BCUT2D eigenvalue weighted by molar-refractivity contribution is -0.139. The van der Waals surface area contributed by atoms with Crippen LogP contribution in [-0.2, 0) is 26.2 Å². The fourth-order valence-corrected chi connectivity index (χ4v) is 6.19. The zero-order valence-electron chi connectivity index (χ0n) is 23.9. The first-order chi connectivity index (χ1) is 18.8. The molecule has 7 nitrogen and oxygen atoms in total. The van der Waals surface area contributed by atoms with Crippen molar-refractivity contribution in [1.29, 1.82) is 0 Å². The van der Waals surface area contributed by atoms with E-state index in [1.807, 2.05) is 65.0 Å². The van der Waals surface area contributed by atoms with Crippen molar-refractivity contribution in [2.24, 2.45) is 0 Å². The minimum absolute atomic E-state index is 0.0635. The molecule has 1 N–H and O–H groups in total. The number of rotatable bonds is 11. The summed E-state index contributed by atoms with van der Waals surface area (Å²) < 4.78 is 30.0. The van der Waals surface area contributed by atoms with E-state index in [-0.39, 0.29) is 23.4 Å². The van der Waals surface area contributed by atoms with Crippen molar-refractivity contribution in [1.82, 2.24) is 10.2 Å². The van der Waals surface area contributed by atoms with Crippen LogP contribution in [0.15, 0.2) is 76.1 Å². The molecule has 0 heterocycles. The van der Waals surface area contributed by atoms with E-state index in [1.54, 1.807) is 43.3 Å². The molecule has 9 heteroatoms. The van der Waals surface area contributed by atoms with E-state index in [9.17, 15) is 18.0 Å². The molecule has 0 aliphatic rings. The highest BCUT2D eigenvalue weighted by Crippen LogP contribution is 2.27. The summed E-state index contributed by atoms with van der Waals surface area (Å²) in [4.78, 5) is 28.7. The summed E-state index contributed by atoms with van der Waals surface area (Å²) in [6.07, 6.45) is 0.743. The maximum absolute atomic E-state index is 14.0. The number of amides is 2. The Labute approximate surface area is 246 Å². The van der Waals surface area contributed by atoms with Crippen molar-refractivity contribution < 1.29 is 18.0 Å². The lowest BCUT2D eigenvalue weighted by atomic mass is 10.1. The number of nitrogens with one attached hydrogen (secondary N) is 1. The Balaban J connectivity index is 2.06. The van der Waals surface area contributed by atoms with Gasteiger partial charge >= 0.3 is 0 Å². The highest BCUT2D eigenvalue weighted by molar-refractivity contribution is 9.10. The number of hydrogen-bond acceptors (Lipinski definition) is 4. The first-order valence-corrected chi connectivity index (χ1v) is 15.6. The maximum Gasteiger partial charge on any atom is 0.264 e. The first kappa shape index (κ1) is 31.4. The average Bonchev–Trinajstić information content (AvgIpc) is 2.89. The first-order valence-electron chi connectivity index (χ1n) is 13.3. The molecule has 0 radical (unpaired) electrons. The Kier molecular flexibility index (Phi) is 10.6. The van der Waals surface area contributed by atoms with E-state index in [0.29, 0.717) is 5.69 Å². The Hall–Kier alpha value is -3.17. The molecule has 0 saturated carbocycles. The minimum atomic E-state index is -4.10. The van der Waals surface area contributed by atoms with Gasteiger partial charge in [-0.2, -0.15) is 0 Å². The van der Waals surface area contributed by atoms with Crippen LogP contribution in [0.5, 0.6) is 0 Å². The molecular weight excluding hydrogens is 590 g/mol. The fourth-order valence-electron chi connectivity index (χ4n) is 4.34. The van der Waals surface area contributed by atoms with Gasteiger partial charge in [0.25, 0.3) is 10.0 Å². The quantitative estimate of drug-likeness (QED) is 0.287. The van der Waals surface area contributed by atoms with Gasteiger partial charge in [0.2, 0.25) is 11.8 Å². The Bertz CT molecular complexity index is 1440. The molecule has 0 aromatic heterocycles. The third-order valence-electron chi connectivity index (χ3n) is 6.79. The van der Waals surface area contributed by atoms with Crippen molar-refractivity contribution >= 4 is 43.5 Å². The summed E-state index contributed by atoms with van der Waals surface area (Å²) in [5.41, 5.74) is 3.88. The van der Waals surface area contributed by atoms with Gasteiger partial charge in [-0.1, -0.05) is 58.7 Å². The summed E-state index contributed by atoms with van der Waals surface area (Å²) in [6.45, 7) is 10.9. The number of anilines is 1. The Morgan fingerprint density at radius 3 is 2.10 bits per heavy atom. The van der Waals surface area contributed by atoms with Gasteiger partial charge in [0.1, 0.15) is 12.6 Å². The number of nitrogens with zero attached hydrogens (tertiary/aromatic N) is 2. The maximum atomic E-state index is 14.0. The molecule has 2 amide bonds. The lowest BCUT2D eigenvalue weighted by Crippen LogP contribution is -2.52. The lowest BCUT2D eigenvalue weighted by Gasteiger charge is -2.32. The minimum Gasteiger partial charge on any atom is -0.352 e. The van der Waals surface area contributed by atoms with Crippen LogP contribution in [0.3, 0.4) is 0 Å². The molecule has 214 valence electrons. The Morgan fingerprint density at radius 2 is 1.52 bits per heavy atom. The SMILES string of the molecule is CC[C@H](C)NC(=O)[C@H](C)N(Cc1cccc(Br)c1)C(=O)CN(c1cc(C)cc(C)c1)S(=O)(=O)c1ccc(C)cc1. The number of halogens is 1. The van der Waals surface area contributed by atoms with E-state index in [2.05, 4.69) is 21.2 Å². The van der Waals surface area contributed by atoms with Gasteiger partial charge in [-0.25, -0.2) is 8.42 Å². The van der Waals surface area contributed by atoms with Crippen LogP contribution in [0.1, 0.15) is 49.4 Å². The van der Waals surface area contributed by atoms with Crippen molar-refractivity contribution in [2.75, 3.05) is 10.8 Å². The Morgan fingerprint density at radius 1 is 0.900 bits per heavy atom. The zero-order valence-corrected chi connectivity index (χ0v) is 26.3. The number of carbonyl (C=O) groups excluding carboxylic acids is 2. The van der Waals surface area contributed by atoms with E-state index in [0.717, 1.165) is 37.5 Å². The van der Waals surface area contributed by atoms with E-state index in [1.165, 1.54) is 4.90 Å². The standard InChI is InChI=1S/C31H38BrN3O4S/c1-7-24(5)33-31(37)25(6)34(19-26-9-8-10-27(32)18-26)30(36)20-35(28-16-22(3)15-23(4)17-28)40(38,39)29-13-11-21(2)12-14-29/h8-18,24-25H,7,19-20H2,1-6H3,(H,33,37)/t24-,25-/m0/s1. The van der Waals surface area contributed by atoms with Crippen LogP contribution in [0, 0.1) is 20.8 Å².